The first-order valence-electron chi connectivity index (χ1n) is 8.80. The minimum atomic E-state index is 0.457. The third kappa shape index (κ3) is 6.13. The van der Waals surface area contributed by atoms with Crippen molar-refractivity contribution in [3.63, 3.8) is 0 Å². The zero-order chi connectivity index (χ0) is 15.0. The molecule has 0 amide bonds. The third-order valence-electron chi connectivity index (χ3n) is 4.85. The highest BCUT2D eigenvalue weighted by Crippen LogP contribution is 2.41. The molecule has 3 unspecified atom stereocenters. The van der Waals surface area contributed by atoms with Crippen LogP contribution >= 0.6 is 0 Å². The largest absolute Gasteiger partial charge is 0.381 e. The second-order valence-electron chi connectivity index (χ2n) is 7.60. The predicted octanol–water partition coefficient (Wildman–Crippen LogP) is 4.63. The summed E-state index contributed by atoms with van der Waals surface area (Å²) in [7, 11) is 0. The summed E-state index contributed by atoms with van der Waals surface area (Å²) in [5.74, 6) is 1.68. The molecule has 0 aliphatic heterocycles. The van der Waals surface area contributed by atoms with Crippen molar-refractivity contribution >= 4 is 0 Å². The Bertz CT molecular complexity index is 246. The number of nitrogens with one attached hydrogen (secondary N) is 1. The Balaban J connectivity index is 2.49. The van der Waals surface area contributed by atoms with E-state index in [9.17, 15) is 0 Å². The van der Waals surface area contributed by atoms with Gasteiger partial charge in [0.1, 0.15) is 0 Å². The summed E-state index contributed by atoms with van der Waals surface area (Å²) < 4.78 is 5.73. The topological polar surface area (TPSA) is 21.3 Å². The average Bonchev–Trinajstić information content (AvgIpc) is 2.41. The molecule has 1 rings (SSSR count). The van der Waals surface area contributed by atoms with E-state index in [1.807, 2.05) is 0 Å². The van der Waals surface area contributed by atoms with Crippen LogP contribution < -0.4 is 5.32 Å². The molecule has 1 N–H and O–H groups in total. The van der Waals surface area contributed by atoms with Gasteiger partial charge in [-0.3, -0.25) is 0 Å². The summed E-state index contributed by atoms with van der Waals surface area (Å²) in [5, 5.41) is 3.78. The lowest BCUT2D eigenvalue weighted by molar-refractivity contribution is 0.0722. The van der Waals surface area contributed by atoms with Crippen LogP contribution in [0.15, 0.2) is 0 Å². The third-order valence-corrected chi connectivity index (χ3v) is 4.85. The van der Waals surface area contributed by atoms with E-state index < -0.39 is 0 Å². The molecule has 1 fully saturated rings. The lowest BCUT2D eigenvalue weighted by Crippen LogP contribution is -2.43. The van der Waals surface area contributed by atoms with Gasteiger partial charge in [0.05, 0.1) is 0 Å². The van der Waals surface area contributed by atoms with E-state index in [0.29, 0.717) is 5.41 Å². The van der Waals surface area contributed by atoms with Gasteiger partial charge in [0.2, 0.25) is 0 Å². The zero-order valence-corrected chi connectivity index (χ0v) is 14.5. The molecular weight excluding hydrogens is 246 g/mol. The molecule has 0 aromatic heterocycles. The standard InChI is InChI=1S/C18H37NO/c1-6-11-19-17-9-8-16(18(3,4)5)14-15(17)10-13-20-12-7-2/h15-17,19H,6-14H2,1-5H3. The Hall–Kier alpha value is -0.0800. The van der Waals surface area contributed by atoms with Gasteiger partial charge in [-0.05, 0) is 62.3 Å². The van der Waals surface area contributed by atoms with Crippen LogP contribution in [0, 0.1) is 17.3 Å². The summed E-state index contributed by atoms with van der Waals surface area (Å²) in [4.78, 5) is 0. The smallest absolute Gasteiger partial charge is 0.0469 e. The molecule has 0 radical (unpaired) electrons. The second-order valence-corrected chi connectivity index (χ2v) is 7.60. The van der Waals surface area contributed by atoms with Crippen LogP contribution in [0.3, 0.4) is 0 Å². The highest BCUT2D eigenvalue weighted by atomic mass is 16.5. The van der Waals surface area contributed by atoms with E-state index in [1.165, 1.54) is 32.1 Å². The van der Waals surface area contributed by atoms with Gasteiger partial charge in [-0.25, -0.2) is 0 Å². The van der Waals surface area contributed by atoms with Crippen molar-refractivity contribution in [1.29, 1.82) is 0 Å². The van der Waals surface area contributed by atoms with Gasteiger partial charge in [-0.2, -0.15) is 0 Å². The van der Waals surface area contributed by atoms with Gasteiger partial charge in [0, 0.05) is 19.3 Å². The molecule has 2 nitrogen and oxygen atoms in total. The van der Waals surface area contributed by atoms with E-state index in [0.717, 1.165) is 44.1 Å². The Morgan fingerprint density at radius 2 is 1.80 bits per heavy atom. The van der Waals surface area contributed by atoms with Crippen molar-refractivity contribution in [1.82, 2.24) is 5.32 Å². The first-order valence-corrected chi connectivity index (χ1v) is 8.80. The maximum atomic E-state index is 5.73. The average molecular weight is 284 g/mol. The Kier molecular flexibility index (Phi) is 8.13. The molecule has 2 heteroatoms. The highest BCUT2D eigenvalue weighted by molar-refractivity contribution is 4.88. The van der Waals surface area contributed by atoms with Crippen molar-refractivity contribution in [2.45, 2.75) is 79.2 Å². The Morgan fingerprint density at radius 1 is 1.05 bits per heavy atom. The number of rotatable bonds is 8. The number of ether oxygens (including phenoxy) is 1. The molecule has 0 spiro atoms. The zero-order valence-electron chi connectivity index (χ0n) is 14.5. The van der Waals surface area contributed by atoms with Crippen LogP contribution in [0.25, 0.3) is 0 Å². The number of hydrogen-bond donors (Lipinski definition) is 1. The van der Waals surface area contributed by atoms with Crippen LogP contribution in [0.1, 0.15) is 73.1 Å². The van der Waals surface area contributed by atoms with E-state index in [4.69, 9.17) is 4.74 Å². The van der Waals surface area contributed by atoms with Gasteiger partial charge in [0.15, 0.2) is 0 Å². The van der Waals surface area contributed by atoms with Crippen LogP contribution in [0.5, 0.6) is 0 Å². The lowest BCUT2D eigenvalue weighted by atomic mass is 9.67. The molecule has 1 aliphatic carbocycles. The predicted molar refractivity (Wildman–Crippen MR) is 88.1 cm³/mol. The molecule has 20 heavy (non-hydrogen) atoms. The van der Waals surface area contributed by atoms with Gasteiger partial charge < -0.3 is 10.1 Å². The van der Waals surface area contributed by atoms with Crippen molar-refractivity contribution in [2.24, 2.45) is 17.3 Å². The van der Waals surface area contributed by atoms with Crippen molar-refractivity contribution in [2.75, 3.05) is 19.8 Å². The van der Waals surface area contributed by atoms with E-state index >= 15 is 0 Å². The molecule has 0 bridgehead atoms. The SMILES string of the molecule is CCCNC1CCC(C(C)(C)C)CC1CCOCCC. The minimum absolute atomic E-state index is 0.457. The van der Waals surface area contributed by atoms with Gasteiger partial charge >= 0.3 is 0 Å². The Morgan fingerprint density at radius 3 is 2.40 bits per heavy atom. The van der Waals surface area contributed by atoms with Crippen LogP contribution in [0.4, 0.5) is 0 Å². The molecule has 3 atom stereocenters. The molecule has 0 aromatic carbocycles. The fraction of sp³-hybridized carbons (Fsp3) is 1.00. The normalized spacial score (nSPS) is 27.8. The Labute approximate surface area is 127 Å². The highest BCUT2D eigenvalue weighted by Gasteiger charge is 2.35. The maximum Gasteiger partial charge on any atom is 0.0469 e. The van der Waals surface area contributed by atoms with E-state index in [2.05, 4.69) is 39.9 Å². The molecule has 0 saturated heterocycles. The van der Waals surface area contributed by atoms with Crippen LogP contribution in [-0.2, 0) is 4.74 Å². The minimum Gasteiger partial charge on any atom is -0.381 e. The van der Waals surface area contributed by atoms with Crippen molar-refractivity contribution in [3.05, 3.63) is 0 Å². The van der Waals surface area contributed by atoms with Gasteiger partial charge in [-0.1, -0.05) is 34.6 Å². The van der Waals surface area contributed by atoms with Gasteiger partial charge in [0.25, 0.3) is 0 Å². The first-order chi connectivity index (χ1) is 9.49. The van der Waals surface area contributed by atoms with Crippen LogP contribution in [0.2, 0.25) is 0 Å². The summed E-state index contributed by atoms with van der Waals surface area (Å²) in [6, 6.07) is 0.721. The van der Waals surface area contributed by atoms with E-state index in [1.54, 1.807) is 0 Å². The lowest BCUT2D eigenvalue weighted by Gasteiger charge is -2.42. The summed E-state index contributed by atoms with van der Waals surface area (Å²) in [6.45, 7) is 14.7. The molecule has 1 aliphatic rings. The van der Waals surface area contributed by atoms with Crippen LogP contribution in [-0.4, -0.2) is 25.8 Å². The summed E-state index contributed by atoms with van der Waals surface area (Å²) in [5.41, 5.74) is 0.457. The second kappa shape index (κ2) is 9.04. The first kappa shape index (κ1) is 18.0. The van der Waals surface area contributed by atoms with Gasteiger partial charge in [-0.15, -0.1) is 0 Å². The summed E-state index contributed by atoms with van der Waals surface area (Å²) in [6.07, 6.45) is 7.71. The molecular formula is C18H37NO. The summed E-state index contributed by atoms with van der Waals surface area (Å²) >= 11 is 0. The van der Waals surface area contributed by atoms with Crippen molar-refractivity contribution < 1.29 is 4.74 Å². The van der Waals surface area contributed by atoms with E-state index in [-0.39, 0.29) is 0 Å². The number of hydrogen-bond acceptors (Lipinski definition) is 2. The fourth-order valence-corrected chi connectivity index (χ4v) is 3.45. The van der Waals surface area contributed by atoms with Crippen molar-refractivity contribution in [3.8, 4) is 0 Å². The molecule has 1 saturated carbocycles. The molecule has 0 aromatic rings. The quantitative estimate of drug-likeness (QED) is 0.656. The molecule has 0 heterocycles. The fourth-order valence-electron chi connectivity index (χ4n) is 3.45. The molecule has 120 valence electrons. The maximum absolute atomic E-state index is 5.73. The monoisotopic (exact) mass is 283 g/mol.